The number of allylic oxidation sites excluding steroid dienone is 2. The minimum Gasteiger partial charge on any atom is -0.446 e. The third-order valence-corrected chi connectivity index (χ3v) is 27.2. The normalized spacial score (nSPS) is 32.5. The lowest BCUT2D eigenvalue weighted by Gasteiger charge is -2.58. The van der Waals surface area contributed by atoms with Crippen molar-refractivity contribution < 1.29 is 19.1 Å². The van der Waals surface area contributed by atoms with Gasteiger partial charge in [0.05, 0.1) is 0 Å². The van der Waals surface area contributed by atoms with E-state index in [1.807, 2.05) is 4.90 Å². The number of rotatable bonds is 39. The van der Waals surface area contributed by atoms with E-state index >= 15 is 0 Å². The Balaban J connectivity index is 0.000000270. The molecule has 0 aromatic rings. The molecular weight excluding hydrogens is 1160 g/mol. The highest BCUT2D eigenvalue weighted by Gasteiger charge is 2.61. The number of ether oxygens (including phenoxy) is 2. The summed E-state index contributed by atoms with van der Waals surface area (Å²) in [5, 5.41) is 6.51. The van der Waals surface area contributed by atoms with E-state index < -0.39 is 0 Å². The van der Waals surface area contributed by atoms with Crippen LogP contribution < -0.4 is 39.3 Å². The summed E-state index contributed by atoms with van der Waals surface area (Å²) in [7, 11) is 0. The summed E-state index contributed by atoms with van der Waals surface area (Å²) in [5.74, 6) is 10.2. The van der Waals surface area contributed by atoms with Crippen molar-refractivity contribution in [2.45, 2.75) is 274 Å². The number of nitrogens with one attached hydrogen (secondary N) is 2. The number of hydrogen-bond acceptors (Lipinski definition) is 12. The maximum Gasteiger partial charge on any atom is 0.410 e. The fourth-order valence-corrected chi connectivity index (χ4v) is 21.9. The number of nitrogens with zero attached hydrogens (tertiary/aromatic N) is 3. The smallest absolute Gasteiger partial charge is 0.410 e. The average molecular weight is 1320 g/mol. The van der Waals surface area contributed by atoms with Gasteiger partial charge in [-0.2, -0.15) is 0 Å². The van der Waals surface area contributed by atoms with Crippen molar-refractivity contribution in [3.63, 3.8) is 0 Å². The SMILES string of the molecule is CC(C)CCCC(C)C1CCC2C3CC=C4CC(OC(=O)N(CCCN)CCCNCCCN)CCC4(C)C3CCC12C.CC(C)CCCC(C)C1CCC2C3CC=C4CC(OC(=O)NCCCN(CCCN)CCCN(CCCN)CCCN)CCC4(C)C3CCC12C. The third-order valence-electron chi connectivity index (χ3n) is 27.2. The summed E-state index contributed by atoms with van der Waals surface area (Å²) in [6, 6.07) is 0. The van der Waals surface area contributed by atoms with Gasteiger partial charge in [0.2, 0.25) is 0 Å². The van der Waals surface area contributed by atoms with Crippen molar-refractivity contribution in [3.05, 3.63) is 23.3 Å². The van der Waals surface area contributed by atoms with Gasteiger partial charge in [-0.1, -0.05) is 131 Å². The molecule has 0 radical (unpaired) electrons. The zero-order chi connectivity index (χ0) is 67.9. The zero-order valence-corrected chi connectivity index (χ0v) is 62.6. The molecule has 12 N–H and O–H groups in total. The lowest BCUT2D eigenvalue weighted by molar-refractivity contribution is -0.0593. The van der Waals surface area contributed by atoms with Gasteiger partial charge in [0, 0.05) is 32.5 Å². The summed E-state index contributed by atoms with van der Waals surface area (Å²) < 4.78 is 12.3. The van der Waals surface area contributed by atoms with E-state index in [-0.39, 0.29) is 35.2 Å². The first kappa shape index (κ1) is 79.0. The molecule has 14 heteroatoms. The van der Waals surface area contributed by atoms with E-state index in [0.717, 1.165) is 226 Å². The Morgan fingerprint density at radius 1 is 0.468 bits per heavy atom. The maximum absolute atomic E-state index is 13.3. The molecule has 6 fully saturated rings. The van der Waals surface area contributed by atoms with Gasteiger partial charge in [-0.05, 0) is 319 Å². The van der Waals surface area contributed by atoms with Crippen LogP contribution in [0.1, 0.15) is 262 Å². The van der Waals surface area contributed by atoms with Crippen molar-refractivity contribution in [1.29, 1.82) is 0 Å². The highest BCUT2D eigenvalue weighted by Crippen LogP contribution is 2.69. The van der Waals surface area contributed by atoms with Crippen LogP contribution in [0.2, 0.25) is 0 Å². The van der Waals surface area contributed by atoms with Crippen LogP contribution in [0.5, 0.6) is 0 Å². The van der Waals surface area contributed by atoms with E-state index in [2.05, 4.69) is 102 Å². The van der Waals surface area contributed by atoms with Crippen LogP contribution in [-0.2, 0) is 9.47 Å². The molecule has 0 heterocycles. The first-order valence-electron chi connectivity index (χ1n) is 40.1. The fraction of sp³-hybridized carbons (Fsp3) is 0.925. The predicted octanol–water partition coefficient (Wildman–Crippen LogP) is 15.1. The highest BCUT2D eigenvalue weighted by atomic mass is 16.6. The molecule has 94 heavy (non-hydrogen) atoms. The maximum atomic E-state index is 13.3. The molecule has 0 aromatic heterocycles. The Morgan fingerprint density at radius 2 is 0.883 bits per heavy atom. The van der Waals surface area contributed by atoms with Crippen molar-refractivity contribution in [1.82, 2.24) is 25.3 Å². The molecule has 16 atom stereocenters. The van der Waals surface area contributed by atoms with Gasteiger partial charge in [0.15, 0.2) is 0 Å². The molecule has 544 valence electrons. The Hall–Kier alpha value is -2.30. The largest absolute Gasteiger partial charge is 0.446 e. The Morgan fingerprint density at radius 3 is 1.35 bits per heavy atom. The van der Waals surface area contributed by atoms with Crippen LogP contribution in [-0.4, -0.2) is 144 Å². The summed E-state index contributed by atoms with van der Waals surface area (Å²) in [4.78, 5) is 33.1. The molecule has 2 amide bonds. The number of carbonyl (C=O) groups is 2. The van der Waals surface area contributed by atoms with E-state index in [1.165, 1.54) is 103 Å². The van der Waals surface area contributed by atoms with Crippen LogP contribution in [0.4, 0.5) is 9.59 Å². The van der Waals surface area contributed by atoms with Gasteiger partial charge in [-0.25, -0.2) is 9.59 Å². The van der Waals surface area contributed by atoms with Crippen LogP contribution in [0.25, 0.3) is 0 Å². The Labute approximate surface area is 577 Å². The summed E-state index contributed by atoms with van der Waals surface area (Å²) >= 11 is 0. The van der Waals surface area contributed by atoms with Gasteiger partial charge in [-0.3, -0.25) is 0 Å². The number of nitrogens with two attached hydrogens (primary N) is 5. The molecule has 0 spiro atoms. The van der Waals surface area contributed by atoms with E-state index in [1.54, 1.807) is 11.1 Å². The molecule has 14 nitrogen and oxygen atoms in total. The molecular formula is C80H150N10O4. The first-order chi connectivity index (χ1) is 45.2. The minimum absolute atomic E-state index is 0.000166. The van der Waals surface area contributed by atoms with Crippen molar-refractivity contribution in [2.24, 2.45) is 121 Å². The number of amides is 2. The molecule has 8 aliphatic rings. The lowest BCUT2D eigenvalue weighted by atomic mass is 9.47. The minimum atomic E-state index is -0.241. The molecule has 8 rings (SSSR count). The van der Waals surface area contributed by atoms with Gasteiger partial charge in [-0.15, -0.1) is 0 Å². The topological polar surface area (TPSA) is 216 Å². The average Bonchev–Trinajstić information content (AvgIpc) is 1.37. The number of carbonyl (C=O) groups excluding carboxylic acids is 2. The van der Waals surface area contributed by atoms with Crippen LogP contribution >= 0.6 is 0 Å². The van der Waals surface area contributed by atoms with Crippen molar-refractivity contribution in [3.8, 4) is 0 Å². The summed E-state index contributed by atoms with van der Waals surface area (Å²) in [5.41, 5.74) is 33.6. The van der Waals surface area contributed by atoms with Gasteiger partial charge >= 0.3 is 12.2 Å². The molecule has 0 saturated heterocycles. The van der Waals surface area contributed by atoms with E-state index in [9.17, 15) is 9.59 Å². The fourth-order valence-electron chi connectivity index (χ4n) is 21.9. The molecule has 6 saturated carbocycles. The second-order valence-corrected chi connectivity index (χ2v) is 34.2. The number of hydrogen-bond donors (Lipinski definition) is 7. The predicted molar refractivity (Wildman–Crippen MR) is 394 cm³/mol. The van der Waals surface area contributed by atoms with Crippen molar-refractivity contribution in [2.75, 3.05) is 105 Å². The second-order valence-electron chi connectivity index (χ2n) is 34.2. The monoisotopic (exact) mass is 1320 g/mol. The third kappa shape index (κ3) is 21.1. The Bertz CT molecular complexity index is 2260. The number of alkyl carbamates (subject to hydrolysis) is 1. The van der Waals surface area contributed by atoms with Crippen LogP contribution in [0.3, 0.4) is 0 Å². The molecule has 0 bridgehead atoms. The quantitative estimate of drug-likeness (QED) is 0.0226. The van der Waals surface area contributed by atoms with Crippen LogP contribution in [0, 0.1) is 92.7 Å². The number of fused-ring (bicyclic) bond motifs is 10. The molecule has 0 aliphatic heterocycles. The van der Waals surface area contributed by atoms with Gasteiger partial charge in [0.25, 0.3) is 0 Å². The van der Waals surface area contributed by atoms with Gasteiger partial charge in [0.1, 0.15) is 12.2 Å². The zero-order valence-electron chi connectivity index (χ0n) is 62.6. The molecule has 0 aromatic carbocycles. The van der Waals surface area contributed by atoms with E-state index in [4.69, 9.17) is 38.1 Å². The van der Waals surface area contributed by atoms with E-state index in [0.29, 0.717) is 50.1 Å². The Kier molecular flexibility index (Phi) is 32.8. The van der Waals surface area contributed by atoms with Crippen molar-refractivity contribution >= 4 is 12.2 Å². The van der Waals surface area contributed by atoms with Crippen LogP contribution in [0.15, 0.2) is 23.3 Å². The van der Waals surface area contributed by atoms with Gasteiger partial charge < -0.3 is 63.5 Å². The summed E-state index contributed by atoms with van der Waals surface area (Å²) in [6.45, 7) is 38.6. The highest BCUT2D eigenvalue weighted by molar-refractivity contribution is 5.68. The lowest BCUT2D eigenvalue weighted by Crippen LogP contribution is -2.51. The molecule has 8 aliphatic carbocycles. The standard InChI is InChI=1S/C43H82N6O2.C37H68N4O2/c1-33(2)12-6-13-34(3)38-16-17-39-37-15-14-35-32-36(18-20-42(35,4)40(37)19-21-43(38,39)5)51-41(50)47-25-10-29-49(28-9-24-46)31-11-30-48(26-7-22-44)27-8-23-45;1-27(2)10-6-11-28(3)32-14-15-33-31-13-12-29-26-30(16-18-36(29,4)34(31)17-19-37(32,33)5)43-35(42)41(24-8-21-39)25-9-23-40-22-7-20-38/h14,33-34,36-40H,6-13,15-32,44-46H2,1-5H3,(H,47,50);12,27-28,30-34,40H,6-11,13-26,38-39H2,1-5H3. The molecule has 16 unspecified atom stereocenters. The second kappa shape index (κ2) is 39.1. The summed E-state index contributed by atoms with van der Waals surface area (Å²) in [6.07, 6.45) is 41.0. The first-order valence-corrected chi connectivity index (χ1v) is 40.1.